The van der Waals surface area contributed by atoms with Gasteiger partial charge in [-0.3, -0.25) is 14.9 Å². The van der Waals surface area contributed by atoms with E-state index in [0.29, 0.717) is 24.7 Å². The minimum atomic E-state index is -4.39. The Balaban J connectivity index is 1.76. The van der Waals surface area contributed by atoms with Crippen LogP contribution in [0.15, 0.2) is 18.2 Å². The summed E-state index contributed by atoms with van der Waals surface area (Å²) in [6, 6.07) is 4.07. The van der Waals surface area contributed by atoms with Crippen molar-refractivity contribution < 1.29 is 28.0 Å². The van der Waals surface area contributed by atoms with Gasteiger partial charge < -0.3 is 15.3 Å². The van der Waals surface area contributed by atoms with Gasteiger partial charge in [0, 0.05) is 31.8 Å². The van der Waals surface area contributed by atoms with Gasteiger partial charge in [-0.25, -0.2) is 0 Å². The average Bonchev–Trinajstić information content (AvgIpc) is 2.71. The first-order valence-corrected chi connectivity index (χ1v) is 10.6. The van der Waals surface area contributed by atoms with E-state index < -0.39 is 34.9 Å². The number of hydrogen-bond acceptors (Lipinski definition) is 5. The number of nitrogens with zero attached hydrogens (tertiary/aromatic N) is 2. The standard InChI is InChI=1S/C21H28F3N3O4/c1-14-6-9-26(10-7-14)18-5-4-16(27(30)31)11-17(18)19(28)25-13-20(29)8-2-3-15(12-20)21(22,23)24/h4-5,11,14-15,29H,2-3,6-10,12-13H2,1H3,(H,25,28)/t15-,20-/m1/s1. The number of halogens is 3. The Morgan fingerprint density at radius 2 is 2.00 bits per heavy atom. The zero-order valence-corrected chi connectivity index (χ0v) is 17.5. The predicted octanol–water partition coefficient (Wildman–Crippen LogP) is 4.04. The zero-order chi connectivity index (χ0) is 22.8. The van der Waals surface area contributed by atoms with Gasteiger partial charge >= 0.3 is 6.18 Å². The van der Waals surface area contributed by atoms with Crippen molar-refractivity contribution in [3.63, 3.8) is 0 Å². The number of carbonyl (C=O) groups is 1. The lowest BCUT2D eigenvalue weighted by molar-refractivity contribution is -0.384. The quantitative estimate of drug-likeness (QED) is 0.529. The summed E-state index contributed by atoms with van der Waals surface area (Å²) in [4.78, 5) is 25.5. The Hall–Kier alpha value is -2.36. The van der Waals surface area contributed by atoms with Gasteiger partial charge in [0.25, 0.3) is 11.6 Å². The summed E-state index contributed by atoms with van der Waals surface area (Å²) in [7, 11) is 0. The molecule has 2 N–H and O–H groups in total. The van der Waals surface area contributed by atoms with E-state index in [-0.39, 0.29) is 37.1 Å². The first-order chi connectivity index (χ1) is 14.5. The van der Waals surface area contributed by atoms with E-state index in [1.54, 1.807) is 0 Å². The highest BCUT2D eigenvalue weighted by Gasteiger charge is 2.47. The van der Waals surface area contributed by atoms with E-state index in [2.05, 4.69) is 12.2 Å². The fraction of sp³-hybridized carbons (Fsp3) is 0.667. The third-order valence-electron chi connectivity index (χ3n) is 6.42. The molecule has 1 aliphatic heterocycles. The molecular weight excluding hydrogens is 415 g/mol. The first kappa shape index (κ1) is 23.3. The molecule has 1 heterocycles. The molecule has 2 atom stereocenters. The molecule has 172 valence electrons. The van der Waals surface area contributed by atoms with Gasteiger partial charge in [0.2, 0.25) is 0 Å². The molecule has 3 rings (SSSR count). The van der Waals surface area contributed by atoms with Crippen LogP contribution in [0.3, 0.4) is 0 Å². The van der Waals surface area contributed by atoms with Gasteiger partial charge in [0.15, 0.2) is 0 Å². The summed E-state index contributed by atoms with van der Waals surface area (Å²) >= 11 is 0. The maximum atomic E-state index is 13.1. The second-order valence-electron chi connectivity index (χ2n) is 8.87. The lowest BCUT2D eigenvalue weighted by Crippen LogP contribution is -2.48. The Bertz CT molecular complexity index is 825. The van der Waals surface area contributed by atoms with E-state index in [1.165, 1.54) is 18.2 Å². The lowest BCUT2D eigenvalue weighted by atomic mass is 9.77. The normalized spacial score (nSPS) is 25.3. The smallest absolute Gasteiger partial charge is 0.388 e. The molecule has 1 aliphatic carbocycles. The number of carbonyl (C=O) groups excluding carboxylic acids is 1. The molecule has 1 aromatic carbocycles. The van der Waals surface area contributed by atoms with Crippen LogP contribution in [0, 0.1) is 22.0 Å². The minimum Gasteiger partial charge on any atom is -0.388 e. The fourth-order valence-corrected chi connectivity index (χ4v) is 4.46. The number of aliphatic hydroxyl groups is 1. The summed E-state index contributed by atoms with van der Waals surface area (Å²) in [6.07, 6.45) is -2.68. The van der Waals surface area contributed by atoms with Crippen LogP contribution in [0.5, 0.6) is 0 Å². The number of hydrogen-bond donors (Lipinski definition) is 2. The van der Waals surface area contributed by atoms with Crippen LogP contribution >= 0.6 is 0 Å². The molecule has 0 aromatic heterocycles. The van der Waals surface area contributed by atoms with Crippen molar-refractivity contribution in [2.45, 2.75) is 57.2 Å². The molecule has 1 saturated heterocycles. The topological polar surface area (TPSA) is 95.7 Å². The molecule has 0 spiro atoms. The fourth-order valence-electron chi connectivity index (χ4n) is 4.46. The highest BCUT2D eigenvalue weighted by atomic mass is 19.4. The van der Waals surface area contributed by atoms with Gasteiger partial charge in [0.05, 0.1) is 27.7 Å². The summed E-state index contributed by atoms with van der Waals surface area (Å²) < 4.78 is 39.3. The summed E-state index contributed by atoms with van der Waals surface area (Å²) in [5, 5.41) is 24.4. The molecule has 10 heteroatoms. The number of non-ortho nitro benzene ring substituents is 1. The van der Waals surface area contributed by atoms with Crippen molar-refractivity contribution in [3.05, 3.63) is 33.9 Å². The number of benzene rings is 1. The second kappa shape index (κ2) is 9.02. The summed E-state index contributed by atoms with van der Waals surface area (Å²) in [6.45, 7) is 3.21. The largest absolute Gasteiger partial charge is 0.391 e. The van der Waals surface area contributed by atoms with Crippen LogP contribution in [0.25, 0.3) is 0 Å². The Kier molecular flexibility index (Phi) is 6.78. The maximum absolute atomic E-state index is 13.1. The zero-order valence-electron chi connectivity index (χ0n) is 17.5. The molecule has 1 aromatic rings. The number of anilines is 1. The van der Waals surface area contributed by atoms with Gasteiger partial charge in [-0.2, -0.15) is 13.2 Å². The van der Waals surface area contributed by atoms with Crippen molar-refractivity contribution in [2.75, 3.05) is 24.5 Å². The molecule has 0 radical (unpaired) electrons. The van der Waals surface area contributed by atoms with Crippen LogP contribution in [-0.2, 0) is 0 Å². The van der Waals surface area contributed by atoms with Crippen LogP contribution in [0.1, 0.15) is 55.8 Å². The summed E-state index contributed by atoms with van der Waals surface area (Å²) in [5.41, 5.74) is -1.25. The Labute approximate surface area is 178 Å². The monoisotopic (exact) mass is 443 g/mol. The van der Waals surface area contributed by atoms with E-state index in [1.807, 2.05) is 4.90 Å². The van der Waals surface area contributed by atoms with Crippen molar-refractivity contribution >= 4 is 17.3 Å². The van der Waals surface area contributed by atoms with Crippen LogP contribution in [-0.4, -0.2) is 47.3 Å². The lowest BCUT2D eigenvalue weighted by Gasteiger charge is -2.37. The average molecular weight is 443 g/mol. The minimum absolute atomic E-state index is 0.0395. The molecule has 1 amide bonds. The van der Waals surface area contributed by atoms with E-state index in [9.17, 15) is 33.2 Å². The number of amides is 1. The number of nitro groups is 1. The summed E-state index contributed by atoms with van der Waals surface area (Å²) in [5.74, 6) is -1.69. The van der Waals surface area contributed by atoms with Crippen molar-refractivity contribution in [3.8, 4) is 0 Å². The third-order valence-corrected chi connectivity index (χ3v) is 6.42. The van der Waals surface area contributed by atoms with E-state index in [0.717, 1.165) is 12.8 Å². The molecule has 7 nitrogen and oxygen atoms in total. The first-order valence-electron chi connectivity index (χ1n) is 10.6. The van der Waals surface area contributed by atoms with Gasteiger partial charge in [-0.1, -0.05) is 6.92 Å². The van der Waals surface area contributed by atoms with Crippen molar-refractivity contribution in [2.24, 2.45) is 11.8 Å². The van der Waals surface area contributed by atoms with Crippen LogP contribution in [0.2, 0.25) is 0 Å². The molecule has 0 unspecified atom stereocenters. The molecule has 31 heavy (non-hydrogen) atoms. The van der Waals surface area contributed by atoms with Crippen molar-refractivity contribution in [1.82, 2.24) is 5.32 Å². The number of rotatable bonds is 5. The Morgan fingerprint density at radius 3 is 2.61 bits per heavy atom. The number of alkyl halides is 3. The van der Waals surface area contributed by atoms with Gasteiger partial charge in [0.1, 0.15) is 0 Å². The second-order valence-corrected chi connectivity index (χ2v) is 8.87. The maximum Gasteiger partial charge on any atom is 0.391 e. The Morgan fingerprint density at radius 1 is 1.32 bits per heavy atom. The number of nitro benzene ring substituents is 1. The molecule has 2 aliphatic rings. The number of piperidine rings is 1. The SMILES string of the molecule is CC1CCN(c2ccc([N+](=O)[O-])cc2C(=O)NC[C@@]2(O)CCC[C@@H](C(F)(F)F)C2)CC1. The van der Waals surface area contributed by atoms with E-state index in [4.69, 9.17) is 0 Å². The molecule has 0 bridgehead atoms. The number of nitrogens with one attached hydrogen (secondary N) is 1. The van der Waals surface area contributed by atoms with E-state index >= 15 is 0 Å². The van der Waals surface area contributed by atoms with Crippen LogP contribution in [0.4, 0.5) is 24.5 Å². The molecule has 2 fully saturated rings. The van der Waals surface area contributed by atoms with Crippen molar-refractivity contribution in [1.29, 1.82) is 0 Å². The van der Waals surface area contributed by atoms with Gasteiger partial charge in [-0.15, -0.1) is 0 Å². The predicted molar refractivity (Wildman–Crippen MR) is 109 cm³/mol. The highest BCUT2D eigenvalue weighted by molar-refractivity contribution is 6.00. The van der Waals surface area contributed by atoms with Crippen LogP contribution < -0.4 is 10.2 Å². The highest BCUT2D eigenvalue weighted by Crippen LogP contribution is 2.41. The van der Waals surface area contributed by atoms with Gasteiger partial charge in [-0.05, 0) is 50.5 Å². The molecule has 1 saturated carbocycles. The molecular formula is C21H28F3N3O4. The third kappa shape index (κ3) is 5.66.